The van der Waals surface area contributed by atoms with E-state index in [-0.39, 0.29) is 0 Å². The molecule has 2 nitrogen and oxygen atoms in total. The molecule has 2 N–H and O–H groups in total. The first-order valence-corrected chi connectivity index (χ1v) is 4.59. The lowest BCUT2D eigenvalue weighted by molar-refractivity contribution is 0.281. The van der Waals surface area contributed by atoms with Crippen molar-refractivity contribution in [3.63, 3.8) is 0 Å². The Balaban J connectivity index is 2.45. The minimum absolute atomic E-state index is 0.317. The molecule has 0 aromatic carbocycles. The van der Waals surface area contributed by atoms with E-state index in [2.05, 4.69) is 18.9 Å². The predicted molar refractivity (Wildman–Crippen MR) is 51.6 cm³/mol. The fourth-order valence-corrected chi connectivity index (χ4v) is 1.76. The highest BCUT2D eigenvalue weighted by molar-refractivity contribution is 7.80. The Kier molecular flexibility index (Phi) is 2.84. The van der Waals surface area contributed by atoms with Crippen LogP contribution in [0.1, 0.15) is 26.2 Å². The number of rotatable bonds is 4. The van der Waals surface area contributed by atoms with Crippen LogP contribution in [-0.4, -0.2) is 29.0 Å². The molecule has 1 aliphatic carbocycles. The maximum absolute atomic E-state index is 5.60. The second-order valence-electron chi connectivity index (χ2n) is 3.22. The number of nitrogens with two attached hydrogens (primary N) is 1. The highest BCUT2D eigenvalue weighted by atomic mass is 32.1. The SMILES string of the molecule is CCC(C(N)=S)N(C)C1CC1. The zero-order valence-electron chi connectivity index (χ0n) is 7.21. The fraction of sp³-hybridized carbons (Fsp3) is 0.875. The molecule has 1 fully saturated rings. The Morgan fingerprint density at radius 3 is 2.55 bits per heavy atom. The van der Waals surface area contributed by atoms with Gasteiger partial charge >= 0.3 is 0 Å². The van der Waals surface area contributed by atoms with Crippen molar-refractivity contribution >= 4 is 17.2 Å². The van der Waals surface area contributed by atoms with Gasteiger partial charge in [-0.05, 0) is 26.3 Å². The molecule has 0 aromatic rings. The van der Waals surface area contributed by atoms with Crippen LogP contribution in [0.5, 0.6) is 0 Å². The third-order valence-electron chi connectivity index (χ3n) is 2.33. The lowest BCUT2D eigenvalue weighted by Gasteiger charge is -2.25. The van der Waals surface area contributed by atoms with Gasteiger partial charge in [0.25, 0.3) is 0 Å². The molecule has 3 heteroatoms. The average molecular weight is 172 g/mol. The van der Waals surface area contributed by atoms with Crippen molar-refractivity contribution in [2.45, 2.75) is 38.3 Å². The van der Waals surface area contributed by atoms with E-state index in [1.54, 1.807) is 0 Å². The first-order valence-electron chi connectivity index (χ1n) is 4.18. The van der Waals surface area contributed by atoms with Gasteiger partial charge in [0.15, 0.2) is 0 Å². The van der Waals surface area contributed by atoms with Crippen LogP contribution >= 0.6 is 12.2 Å². The van der Waals surface area contributed by atoms with E-state index in [1.807, 2.05) is 0 Å². The molecule has 1 rings (SSSR count). The molecule has 0 aliphatic heterocycles. The van der Waals surface area contributed by atoms with Crippen LogP contribution in [0.2, 0.25) is 0 Å². The third-order valence-corrected chi connectivity index (χ3v) is 2.60. The van der Waals surface area contributed by atoms with Crippen molar-refractivity contribution in [2.24, 2.45) is 5.73 Å². The van der Waals surface area contributed by atoms with Gasteiger partial charge in [0.2, 0.25) is 0 Å². The second-order valence-corrected chi connectivity index (χ2v) is 3.69. The van der Waals surface area contributed by atoms with Crippen molar-refractivity contribution in [3.05, 3.63) is 0 Å². The number of hydrogen-bond donors (Lipinski definition) is 1. The molecule has 0 bridgehead atoms. The standard InChI is InChI=1S/C8H16N2S/c1-3-7(8(9)11)10(2)6-4-5-6/h6-7H,3-5H2,1-2H3,(H2,9,11). The summed E-state index contributed by atoms with van der Waals surface area (Å²) in [4.78, 5) is 2.95. The summed E-state index contributed by atoms with van der Waals surface area (Å²) in [6.45, 7) is 2.13. The largest absolute Gasteiger partial charge is 0.392 e. The number of hydrogen-bond acceptors (Lipinski definition) is 2. The summed E-state index contributed by atoms with van der Waals surface area (Å²) in [5, 5.41) is 0. The van der Waals surface area contributed by atoms with E-state index < -0.39 is 0 Å². The summed E-state index contributed by atoms with van der Waals surface area (Å²) in [6, 6.07) is 1.07. The number of likely N-dealkylation sites (N-methyl/N-ethyl adjacent to an activating group) is 1. The number of thiocarbonyl (C=S) groups is 1. The van der Waals surface area contributed by atoms with Gasteiger partial charge < -0.3 is 5.73 Å². The van der Waals surface area contributed by atoms with E-state index in [4.69, 9.17) is 18.0 Å². The van der Waals surface area contributed by atoms with Crippen molar-refractivity contribution in [1.82, 2.24) is 4.90 Å². The molecule has 0 radical (unpaired) electrons. The van der Waals surface area contributed by atoms with Crippen LogP contribution in [0.3, 0.4) is 0 Å². The van der Waals surface area contributed by atoms with E-state index in [0.29, 0.717) is 11.0 Å². The van der Waals surface area contributed by atoms with Gasteiger partial charge in [0.05, 0.1) is 11.0 Å². The van der Waals surface area contributed by atoms with Gasteiger partial charge in [0, 0.05) is 6.04 Å². The molecule has 1 atom stereocenters. The van der Waals surface area contributed by atoms with Crippen LogP contribution in [0.4, 0.5) is 0 Å². The summed E-state index contributed by atoms with van der Waals surface area (Å²) in [5.41, 5.74) is 5.60. The molecule has 0 amide bonds. The van der Waals surface area contributed by atoms with Crippen LogP contribution in [0, 0.1) is 0 Å². The van der Waals surface area contributed by atoms with E-state index in [0.717, 1.165) is 12.5 Å². The van der Waals surface area contributed by atoms with Crippen molar-refractivity contribution < 1.29 is 0 Å². The molecule has 0 saturated heterocycles. The molecular formula is C8H16N2S. The molecule has 1 saturated carbocycles. The van der Waals surface area contributed by atoms with Gasteiger partial charge in [-0.1, -0.05) is 19.1 Å². The molecule has 1 unspecified atom stereocenters. The highest BCUT2D eigenvalue weighted by Crippen LogP contribution is 2.27. The maximum atomic E-state index is 5.60. The molecule has 64 valence electrons. The molecular weight excluding hydrogens is 156 g/mol. The zero-order chi connectivity index (χ0) is 8.43. The Morgan fingerprint density at radius 1 is 1.73 bits per heavy atom. The summed E-state index contributed by atoms with van der Waals surface area (Å²) in [5.74, 6) is 0. The summed E-state index contributed by atoms with van der Waals surface area (Å²) < 4.78 is 0. The van der Waals surface area contributed by atoms with Crippen LogP contribution < -0.4 is 5.73 Å². The summed E-state index contributed by atoms with van der Waals surface area (Å²) in [7, 11) is 2.12. The summed E-state index contributed by atoms with van der Waals surface area (Å²) >= 11 is 4.98. The van der Waals surface area contributed by atoms with Gasteiger partial charge in [-0.3, -0.25) is 4.90 Å². The summed E-state index contributed by atoms with van der Waals surface area (Å²) in [6.07, 6.45) is 3.66. The minimum Gasteiger partial charge on any atom is -0.392 e. The third kappa shape index (κ3) is 2.14. The van der Waals surface area contributed by atoms with Gasteiger partial charge in [-0.25, -0.2) is 0 Å². The zero-order valence-corrected chi connectivity index (χ0v) is 8.03. The first-order chi connectivity index (χ1) is 5.16. The number of nitrogens with zero attached hydrogens (tertiary/aromatic N) is 1. The molecule has 1 aliphatic rings. The monoisotopic (exact) mass is 172 g/mol. The maximum Gasteiger partial charge on any atom is 0.0901 e. The fourth-order valence-electron chi connectivity index (χ4n) is 1.43. The lowest BCUT2D eigenvalue weighted by Crippen LogP contribution is -2.42. The smallest absolute Gasteiger partial charge is 0.0901 e. The molecule has 0 heterocycles. The predicted octanol–water partition coefficient (Wildman–Crippen LogP) is 1.15. The van der Waals surface area contributed by atoms with Crippen molar-refractivity contribution in [2.75, 3.05) is 7.05 Å². The molecule has 11 heavy (non-hydrogen) atoms. The van der Waals surface area contributed by atoms with Gasteiger partial charge in [-0.2, -0.15) is 0 Å². The van der Waals surface area contributed by atoms with E-state index in [9.17, 15) is 0 Å². The highest BCUT2D eigenvalue weighted by Gasteiger charge is 2.31. The van der Waals surface area contributed by atoms with Gasteiger partial charge in [0.1, 0.15) is 0 Å². The van der Waals surface area contributed by atoms with Crippen LogP contribution in [-0.2, 0) is 0 Å². The Hall–Kier alpha value is -0.150. The molecule has 0 aromatic heterocycles. The van der Waals surface area contributed by atoms with Gasteiger partial charge in [-0.15, -0.1) is 0 Å². The average Bonchev–Trinajstić information content (AvgIpc) is 2.68. The normalized spacial score (nSPS) is 20.3. The minimum atomic E-state index is 0.317. The lowest BCUT2D eigenvalue weighted by atomic mass is 10.2. The van der Waals surface area contributed by atoms with Crippen LogP contribution in [0.15, 0.2) is 0 Å². The van der Waals surface area contributed by atoms with Crippen molar-refractivity contribution in [1.29, 1.82) is 0 Å². The topological polar surface area (TPSA) is 29.3 Å². The van der Waals surface area contributed by atoms with E-state index in [1.165, 1.54) is 12.8 Å². The van der Waals surface area contributed by atoms with E-state index >= 15 is 0 Å². The Bertz CT molecular complexity index is 154. The first kappa shape index (κ1) is 8.94. The molecule has 0 spiro atoms. The quantitative estimate of drug-likeness (QED) is 0.645. The second kappa shape index (κ2) is 3.50. The van der Waals surface area contributed by atoms with Crippen LogP contribution in [0.25, 0.3) is 0 Å². The van der Waals surface area contributed by atoms with Crippen molar-refractivity contribution in [3.8, 4) is 0 Å². The Labute approximate surface area is 73.7 Å². The Morgan fingerprint density at radius 2 is 2.27 bits per heavy atom.